The van der Waals surface area contributed by atoms with Gasteiger partial charge in [-0.1, -0.05) is 36.4 Å². The Kier molecular flexibility index (Phi) is 4.70. The Balaban J connectivity index is 2.12. The summed E-state index contributed by atoms with van der Waals surface area (Å²) >= 11 is 3.33. The van der Waals surface area contributed by atoms with Crippen LogP contribution in [0.5, 0.6) is 0 Å². The molecule has 0 atom stereocenters. The van der Waals surface area contributed by atoms with Crippen LogP contribution in [0.3, 0.4) is 0 Å². The summed E-state index contributed by atoms with van der Waals surface area (Å²) in [6.45, 7) is 2.82. The van der Waals surface area contributed by atoms with Gasteiger partial charge in [-0.3, -0.25) is 0 Å². The molecule has 2 heterocycles. The van der Waals surface area contributed by atoms with Crippen molar-refractivity contribution in [2.75, 3.05) is 12.3 Å². The molecule has 0 saturated carbocycles. The molecule has 0 fully saturated rings. The molecule has 2 aromatic rings. The van der Waals surface area contributed by atoms with Gasteiger partial charge in [-0.15, -0.1) is 0 Å². The third kappa shape index (κ3) is 3.37. The zero-order valence-electron chi connectivity index (χ0n) is 9.85. The van der Waals surface area contributed by atoms with E-state index in [1.54, 1.807) is 23.1 Å². The maximum absolute atomic E-state index is 5.52. The predicted molar refractivity (Wildman–Crippen MR) is 73.6 cm³/mol. The van der Waals surface area contributed by atoms with Gasteiger partial charge in [0, 0.05) is 12.2 Å². The Hall–Kier alpha value is -0.720. The van der Waals surface area contributed by atoms with Gasteiger partial charge in [-0.2, -0.15) is 0 Å². The standard InChI is InChI=1S/C11H16N4S2/c1-2-3-6-16-11-13-7-8-10(15-11)17-9(14-8)4-5-12/h7H,2-6,12H2,1H3. The molecule has 6 heteroatoms. The van der Waals surface area contributed by atoms with Crippen molar-refractivity contribution in [1.29, 1.82) is 0 Å². The normalized spacial score (nSPS) is 11.2. The Morgan fingerprint density at radius 3 is 3.06 bits per heavy atom. The summed E-state index contributed by atoms with van der Waals surface area (Å²) in [5.74, 6) is 1.08. The van der Waals surface area contributed by atoms with E-state index in [2.05, 4.69) is 21.9 Å². The van der Waals surface area contributed by atoms with Crippen molar-refractivity contribution in [3.63, 3.8) is 0 Å². The largest absolute Gasteiger partial charge is 0.330 e. The van der Waals surface area contributed by atoms with Gasteiger partial charge in [0.1, 0.15) is 10.3 Å². The Labute approximate surface area is 109 Å². The third-order valence-electron chi connectivity index (χ3n) is 2.26. The quantitative estimate of drug-likeness (QED) is 0.495. The second-order valence-electron chi connectivity index (χ2n) is 3.69. The molecule has 0 spiro atoms. The lowest BCUT2D eigenvalue weighted by Crippen LogP contribution is -2.01. The highest BCUT2D eigenvalue weighted by Gasteiger charge is 2.06. The first kappa shape index (κ1) is 12.7. The summed E-state index contributed by atoms with van der Waals surface area (Å²) in [7, 11) is 0. The van der Waals surface area contributed by atoms with Crippen molar-refractivity contribution in [2.24, 2.45) is 5.73 Å². The van der Waals surface area contributed by atoms with Crippen LogP contribution in [0.15, 0.2) is 11.4 Å². The van der Waals surface area contributed by atoms with Crippen LogP contribution >= 0.6 is 23.1 Å². The maximum atomic E-state index is 5.52. The van der Waals surface area contributed by atoms with Gasteiger partial charge in [0.2, 0.25) is 0 Å². The second kappa shape index (κ2) is 6.28. The van der Waals surface area contributed by atoms with Crippen molar-refractivity contribution in [3.8, 4) is 0 Å². The Morgan fingerprint density at radius 2 is 2.29 bits per heavy atom. The minimum atomic E-state index is 0.630. The van der Waals surface area contributed by atoms with Crippen LogP contribution in [0, 0.1) is 0 Å². The summed E-state index contributed by atoms with van der Waals surface area (Å²) in [6.07, 6.45) is 5.04. The number of unbranched alkanes of at least 4 members (excludes halogenated alkanes) is 1. The summed E-state index contributed by atoms with van der Waals surface area (Å²) in [5.41, 5.74) is 6.41. The number of nitrogens with two attached hydrogens (primary N) is 1. The number of hydrogen-bond acceptors (Lipinski definition) is 6. The van der Waals surface area contributed by atoms with Crippen molar-refractivity contribution in [2.45, 2.75) is 31.3 Å². The number of rotatable bonds is 6. The lowest BCUT2D eigenvalue weighted by Gasteiger charge is -1.97. The van der Waals surface area contributed by atoms with Gasteiger partial charge in [-0.05, 0) is 13.0 Å². The number of thioether (sulfide) groups is 1. The van der Waals surface area contributed by atoms with E-state index in [1.165, 1.54) is 12.8 Å². The van der Waals surface area contributed by atoms with Crippen LogP contribution in [0.4, 0.5) is 0 Å². The average molecular weight is 268 g/mol. The van der Waals surface area contributed by atoms with Gasteiger partial charge in [0.15, 0.2) is 5.16 Å². The zero-order valence-corrected chi connectivity index (χ0v) is 11.5. The summed E-state index contributed by atoms with van der Waals surface area (Å²) in [4.78, 5) is 14.3. The monoisotopic (exact) mass is 268 g/mol. The first-order chi connectivity index (χ1) is 8.33. The molecule has 17 heavy (non-hydrogen) atoms. The number of hydrogen-bond donors (Lipinski definition) is 1. The van der Waals surface area contributed by atoms with Crippen LogP contribution in [-0.4, -0.2) is 27.2 Å². The van der Waals surface area contributed by atoms with Crippen LogP contribution in [0.1, 0.15) is 24.8 Å². The first-order valence-electron chi connectivity index (χ1n) is 5.78. The topological polar surface area (TPSA) is 64.7 Å². The third-order valence-corrected chi connectivity index (χ3v) is 4.23. The fraction of sp³-hybridized carbons (Fsp3) is 0.545. The number of thiazole rings is 1. The number of aromatic nitrogens is 3. The molecule has 0 saturated heterocycles. The van der Waals surface area contributed by atoms with Gasteiger partial charge in [0.05, 0.1) is 11.2 Å². The molecular formula is C11H16N4S2. The van der Waals surface area contributed by atoms with E-state index in [1.807, 2.05) is 6.20 Å². The minimum absolute atomic E-state index is 0.630. The molecule has 92 valence electrons. The number of nitrogens with zero attached hydrogens (tertiary/aromatic N) is 3. The molecule has 0 bridgehead atoms. The molecule has 0 amide bonds. The highest BCUT2D eigenvalue weighted by atomic mass is 32.2. The highest BCUT2D eigenvalue weighted by molar-refractivity contribution is 7.99. The number of fused-ring (bicyclic) bond motifs is 1. The lowest BCUT2D eigenvalue weighted by molar-refractivity contribution is 0.890. The molecule has 0 aromatic carbocycles. The molecule has 0 radical (unpaired) electrons. The van der Waals surface area contributed by atoms with Crippen LogP contribution < -0.4 is 5.73 Å². The predicted octanol–water partition coefficient (Wildman–Crippen LogP) is 2.48. The van der Waals surface area contributed by atoms with E-state index in [4.69, 9.17) is 5.73 Å². The lowest BCUT2D eigenvalue weighted by atomic mass is 10.4. The van der Waals surface area contributed by atoms with E-state index in [0.717, 1.165) is 32.7 Å². The van der Waals surface area contributed by atoms with Crippen LogP contribution in [0.2, 0.25) is 0 Å². The van der Waals surface area contributed by atoms with Crippen molar-refractivity contribution >= 4 is 33.4 Å². The zero-order chi connectivity index (χ0) is 12.1. The second-order valence-corrected chi connectivity index (χ2v) is 5.82. The van der Waals surface area contributed by atoms with E-state index in [-0.39, 0.29) is 0 Å². The molecule has 2 rings (SSSR count). The summed E-state index contributed by atoms with van der Waals surface area (Å²) in [5, 5.41) is 1.90. The van der Waals surface area contributed by atoms with Gasteiger partial charge in [0.25, 0.3) is 0 Å². The summed E-state index contributed by atoms with van der Waals surface area (Å²) in [6, 6.07) is 0. The fourth-order valence-electron chi connectivity index (χ4n) is 1.37. The summed E-state index contributed by atoms with van der Waals surface area (Å²) < 4.78 is 0. The van der Waals surface area contributed by atoms with Crippen LogP contribution in [-0.2, 0) is 6.42 Å². The van der Waals surface area contributed by atoms with E-state index >= 15 is 0 Å². The maximum Gasteiger partial charge on any atom is 0.189 e. The molecular weight excluding hydrogens is 252 g/mol. The fourth-order valence-corrected chi connectivity index (χ4v) is 3.25. The van der Waals surface area contributed by atoms with Crippen molar-refractivity contribution in [3.05, 3.63) is 11.2 Å². The highest BCUT2D eigenvalue weighted by Crippen LogP contribution is 2.23. The molecule has 0 aliphatic carbocycles. The molecule has 4 nitrogen and oxygen atoms in total. The van der Waals surface area contributed by atoms with Gasteiger partial charge >= 0.3 is 0 Å². The van der Waals surface area contributed by atoms with E-state index in [9.17, 15) is 0 Å². The van der Waals surface area contributed by atoms with Crippen molar-refractivity contribution < 1.29 is 0 Å². The average Bonchev–Trinajstić information content (AvgIpc) is 2.71. The Morgan fingerprint density at radius 1 is 1.41 bits per heavy atom. The van der Waals surface area contributed by atoms with Crippen LogP contribution in [0.25, 0.3) is 10.3 Å². The molecule has 2 aromatic heterocycles. The molecule has 0 unspecified atom stereocenters. The Bertz CT molecular complexity index is 483. The molecule has 2 N–H and O–H groups in total. The first-order valence-corrected chi connectivity index (χ1v) is 7.59. The van der Waals surface area contributed by atoms with Gasteiger partial charge < -0.3 is 5.73 Å². The van der Waals surface area contributed by atoms with E-state index < -0.39 is 0 Å². The SMILES string of the molecule is CCCCSc1ncc2nc(CCN)sc2n1. The molecule has 0 aliphatic rings. The van der Waals surface area contributed by atoms with E-state index in [0.29, 0.717) is 6.54 Å². The smallest absolute Gasteiger partial charge is 0.189 e. The van der Waals surface area contributed by atoms with Crippen molar-refractivity contribution in [1.82, 2.24) is 15.0 Å². The molecule has 0 aliphatic heterocycles. The minimum Gasteiger partial charge on any atom is -0.330 e. The van der Waals surface area contributed by atoms with Gasteiger partial charge in [-0.25, -0.2) is 15.0 Å².